The van der Waals surface area contributed by atoms with Crippen LogP contribution in [0.1, 0.15) is 25.0 Å². The van der Waals surface area contributed by atoms with Crippen molar-refractivity contribution < 1.29 is 4.79 Å². The zero-order valence-electron chi connectivity index (χ0n) is 25.7. The second-order valence-corrected chi connectivity index (χ2v) is 13.3. The molecule has 46 heavy (non-hydrogen) atoms. The SMILES string of the molecule is CC1(C)c2ccccc2-c2c1cc(N1C(=O)N3c4ccccc4B(c4ccccc4)c4ccc5cccc1c5c43)c1ccccc21. The predicted octanol–water partition coefficient (Wildman–Crippen LogP) is 8.54. The molecule has 0 bridgehead atoms. The van der Waals surface area contributed by atoms with Crippen LogP contribution in [0.3, 0.4) is 0 Å². The molecule has 2 aliphatic heterocycles. The Hall–Kier alpha value is -5.61. The van der Waals surface area contributed by atoms with E-state index in [-0.39, 0.29) is 18.2 Å². The van der Waals surface area contributed by atoms with E-state index in [1.54, 1.807) is 0 Å². The highest BCUT2D eigenvalue weighted by Gasteiger charge is 2.45. The van der Waals surface area contributed by atoms with Crippen molar-refractivity contribution in [2.24, 2.45) is 0 Å². The quantitative estimate of drug-likeness (QED) is 0.186. The van der Waals surface area contributed by atoms with Crippen LogP contribution in [-0.4, -0.2) is 12.7 Å². The fourth-order valence-corrected chi connectivity index (χ4v) is 8.60. The van der Waals surface area contributed by atoms with Crippen molar-refractivity contribution in [3.63, 3.8) is 0 Å². The van der Waals surface area contributed by atoms with Crippen LogP contribution < -0.4 is 26.2 Å². The number of hydrogen-bond donors (Lipinski definition) is 0. The normalized spacial score (nSPS) is 15.3. The van der Waals surface area contributed by atoms with Gasteiger partial charge in [-0.25, -0.2) is 4.79 Å². The third-order valence-electron chi connectivity index (χ3n) is 10.6. The predicted molar refractivity (Wildman–Crippen MR) is 193 cm³/mol. The van der Waals surface area contributed by atoms with E-state index in [0.717, 1.165) is 49.8 Å². The van der Waals surface area contributed by atoms with Crippen molar-refractivity contribution in [1.82, 2.24) is 0 Å². The fourth-order valence-electron chi connectivity index (χ4n) is 8.60. The van der Waals surface area contributed by atoms with E-state index in [1.807, 2.05) is 9.80 Å². The Balaban J connectivity index is 1.31. The third kappa shape index (κ3) is 3.16. The number of fused-ring (bicyclic) bond motifs is 7. The van der Waals surface area contributed by atoms with Crippen LogP contribution in [0.15, 0.2) is 140 Å². The molecule has 0 unspecified atom stereocenters. The van der Waals surface area contributed by atoms with Crippen molar-refractivity contribution >= 4 is 73.4 Å². The maximum absolute atomic E-state index is 15.3. The first kappa shape index (κ1) is 25.7. The highest BCUT2D eigenvalue weighted by molar-refractivity contribution is 6.98. The molecule has 7 aromatic rings. The summed E-state index contributed by atoms with van der Waals surface area (Å²) in [7, 11) is 0. The number of anilines is 4. The smallest absolute Gasteiger partial charge is 0.263 e. The van der Waals surface area contributed by atoms with Crippen LogP contribution in [-0.2, 0) is 5.41 Å². The topological polar surface area (TPSA) is 23.6 Å². The van der Waals surface area contributed by atoms with Gasteiger partial charge in [0.1, 0.15) is 0 Å². The van der Waals surface area contributed by atoms with Gasteiger partial charge in [0.25, 0.3) is 0 Å². The molecule has 0 saturated carbocycles. The molecule has 2 heterocycles. The van der Waals surface area contributed by atoms with Gasteiger partial charge in [-0.15, -0.1) is 0 Å². The van der Waals surface area contributed by atoms with Gasteiger partial charge >= 0.3 is 6.03 Å². The number of carbonyl (C=O) groups is 1. The average Bonchev–Trinajstić information content (AvgIpc) is 3.33. The van der Waals surface area contributed by atoms with E-state index in [4.69, 9.17) is 0 Å². The molecule has 7 aromatic carbocycles. The van der Waals surface area contributed by atoms with E-state index >= 15 is 4.79 Å². The number of rotatable bonds is 2. The monoisotopic (exact) mass is 588 g/mol. The van der Waals surface area contributed by atoms with Crippen LogP contribution >= 0.6 is 0 Å². The molecule has 1 aliphatic carbocycles. The lowest BCUT2D eigenvalue weighted by Crippen LogP contribution is -2.60. The average molecular weight is 589 g/mol. The highest BCUT2D eigenvalue weighted by atomic mass is 16.2. The summed E-state index contributed by atoms with van der Waals surface area (Å²) in [6.45, 7) is 4.64. The Morgan fingerprint density at radius 1 is 0.565 bits per heavy atom. The van der Waals surface area contributed by atoms with Crippen molar-refractivity contribution in [1.29, 1.82) is 0 Å². The lowest BCUT2D eigenvalue weighted by atomic mass is 9.35. The van der Waals surface area contributed by atoms with Gasteiger partial charge in [0.05, 0.1) is 17.1 Å². The molecule has 10 rings (SSSR count). The minimum Gasteiger partial charge on any atom is -0.263 e. The molecule has 4 heteroatoms. The van der Waals surface area contributed by atoms with Crippen LogP contribution in [0.2, 0.25) is 0 Å². The maximum Gasteiger partial charge on any atom is 0.338 e. The minimum atomic E-state index is -0.207. The van der Waals surface area contributed by atoms with Gasteiger partial charge in [-0.1, -0.05) is 141 Å². The molecule has 0 N–H and O–H groups in total. The zero-order valence-corrected chi connectivity index (χ0v) is 25.7. The number of hydrogen-bond acceptors (Lipinski definition) is 1. The summed E-state index contributed by atoms with van der Waals surface area (Å²) in [5.74, 6) is 0. The van der Waals surface area contributed by atoms with E-state index in [2.05, 4.69) is 153 Å². The van der Waals surface area contributed by atoms with Crippen molar-refractivity contribution in [2.45, 2.75) is 19.3 Å². The first-order valence-electron chi connectivity index (χ1n) is 16.0. The van der Waals surface area contributed by atoms with Gasteiger partial charge in [0, 0.05) is 21.9 Å². The van der Waals surface area contributed by atoms with E-state index < -0.39 is 0 Å². The lowest BCUT2D eigenvalue weighted by Gasteiger charge is -2.43. The Morgan fingerprint density at radius 2 is 1.28 bits per heavy atom. The minimum absolute atomic E-state index is 0.0283. The summed E-state index contributed by atoms with van der Waals surface area (Å²) in [6.07, 6.45) is 0. The summed E-state index contributed by atoms with van der Waals surface area (Å²) >= 11 is 0. The van der Waals surface area contributed by atoms with Crippen LogP contribution in [0.4, 0.5) is 27.5 Å². The lowest BCUT2D eigenvalue weighted by molar-refractivity contribution is 0.255. The molecule has 3 nitrogen and oxygen atoms in total. The summed E-state index contributed by atoms with van der Waals surface area (Å²) in [4.78, 5) is 19.3. The molecule has 0 aromatic heterocycles. The van der Waals surface area contributed by atoms with Crippen molar-refractivity contribution in [3.8, 4) is 11.1 Å². The molecule has 0 saturated heterocycles. The Morgan fingerprint density at radius 3 is 2.15 bits per heavy atom. The second kappa shape index (κ2) is 8.99. The number of nitrogens with zero attached hydrogens (tertiary/aromatic N) is 2. The number of carbonyl (C=O) groups excluding carboxylic acids is 1. The van der Waals surface area contributed by atoms with Gasteiger partial charge in [-0.05, 0) is 62.2 Å². The third-order valence-corrected chi connectivity index (χ3v) is 10.6. The number of amides is 2. The van der Waals surface area contributed by atoms with E-state index in [0.29, 0.717) is 0 Å². The van der Waals surface area contributed by atoms with Crippen molar-refractivity contribution in [3.05, 3.63) is 151 Å². The zero-order chi connectivity index (χ0) is 30.7. The summed E-state index contributed by atoms with van der Waals surface area (Å²) in [6, 6.07) is 49.6. The molecule has 2 amide bonds. The van der Waals surface area contributed by atoms with Crippen LogP contribution in [0.5, 0.6) is 0 Å². The molecule has 0 atom stereocenters. The Labute approximate surface area is 268 Å². The first-order chi connectivity index (χ1) is 22.5. The maximum atomic E-state index is 15.3. The fraction of sp³-hybridized carbons (Fsp3) is 0.0714. The van der Waals surface area contributed by atoms with E-state index in [1.165, 1.54) is 33.1 Å². The molecule has 0 fully saturated rings. The standard InChI is InChI=1S/C42H29BN2O/c1-42(2)31-19-9-8-18-30(31)39-29-17-7-6-16-28(29)37(25-32(39)42)44-36-22-12-13-26-23-24-34-40(38(26)36)45(41(44)46)35-21-11-10-20-33(35)43(34)27-14-4-3-5-15-27/h3-25H,1-2H3. The Bertz CT molecular complexity index is 2450. The largest absolute Gasteiger partial charge is 0.338 e. The van der Waals surface area contributed by atoms with Gasteiger partial charge in [-0.3, -0.25) is 9.80 Å². The summed E-state index contributed by atoms with van der Waals surface area (Å²) in [5, 5.41) is 4.49. The van der Waals surface area contributed by atoms with Gasteiger partial charge < -0.3 is 0 Å². The number of para-hydroxylation sites is 1. The molecule has 216 valence electrons. The summed E-state index contributed by atoms with van der Waals surface area (Å²) in [5.41, 5.74) is 12.3. The molecular formula is C42H29BN2O. The number of urea groups is 1. The first-order valence-corrected chi connectivity index (χ1v) is 16.0. The molecular weight excluding hydrogens is 559 g/mol. The van der Waals surface area contributed by atoms with E-state index in [9.17, 15) is 0 Å². The molecule has 0 spiro atoms. The van der Waals surface area contributed by atoms with Gasteiger partial charge in [0.15, 0.2) is 0 Å². The van der Waals surface area contributed by atoms with Gasteiger partial charge in [-0.2, -0.15) is 0 Å². The van der Waals surface area contributed by atoms with Crippen LogP contribution in [0, 0.1) is 0 Å². The highest BCUT2D eigenvalue weighted by Crippen LogP contribution is 2.55. The Kier molecular flexibility index (Phi) is 5.02. The van der Waals surface area contributed by atoms with Gasteiger partial charge in [0.2, 0.25) is 6.71 Å². The second-order valence-electron chi connectivity index (χ2n) is 13.3. The molecule has 3 aliphatic rings. The number of benzene rings is 7. The molecule has 0 radical (unpaired) electrons. The van der Waals surface area contributed by atoms with Crippen molar-refractivity contribution in [2.75, 3.05) is 9.80 Å². The van der Waals surface area contributed by atoms with Crippen LogP contribution in [0.25, 0.3) is 32.7 Å². The summed E-state index contributed by atoms with van der Waals surface area (Å²) < 4.78 is 0.